The van der Waals surface area contributed by atoms with E-state index in [2.05, 4.69) is 44.7 Å². The van der Waals surface area contributed by atoms with Crippen LogP contribution in [0.5, 0.6) is 0 Å². The van der Waals surface area contributed by atoms with E-state index in [1.165, 1.54) is 12.1 Å². The first-order valence-electron chi connectivity index (χ1n) is 11.6. The van der Waals surface area contributed by atoms with Crippen molar-refractivity contribution in [3.63, 3.8) is 0 Å². The molecule has 4 rings (SSSR count). The summed E-state index contributed by atoms with van der Waals surface area (Å²) in [7, 11) is 0. The van der Waals surface area contributed by atoms with Crippen LogP contribution in [-0.2, 0) is 6.42 Å². The van der Waals surface area contributed by atoms with Crippen LogP contribution < -0.4 is 15.5 Å². The lowest BCUT2D eigenvalue weighted by Gasteiger charge is -2.34. The van der Waals surface area contributed by atoms with E-state index in [9.17, 15) is 4.39 Å². The summed E-state index contributed by atoms with van der Waals surface area (Å²) < 4.78 is 14.9. The van der Waals surface area contributed by atoms with Crippen LogP contribution in [0.2, 0.25) is 0 Å². The fraction of sp³-hybridized carbons (Fsp3) is 0.400. The summed E-state index contributed by atoms with van der Waals surface area (Å²) in [5.41, 5.74) is 2.85. The van der Waals surface area contributed by atoms with Crippen molar-refractivity contribution in [2.75, 3.05) is 31.1 Å². The number of halogens is 1. The summed E-state index contributed by atoms with van der Waals surface area (Å²) in [6, 6.07) is 14.9. The second-order valence-corrected chi connectivity index (χ2v) is 8.28. The van der Waals surface area contributed by atoms with Gasteiger partial charge in [-0.05, 0) is 69.2 Å². The van der Waals surface area contributed by atoms with Crippen molar-refractivity contribution in [1.82, 2.24) is 25.4 Å². The molecule has 0 spiro atoms. The number of piperidine rings is 1. The van der Waals surface area contributed by atoms with E-state index in [4.69, 9.17) is 4.99 Å². The van der Waals surface area contributed by atoms with Crippen LogP contribution in [0.4, 0.5) is 10.2 Å². The molecule has 1 aromatic carbocycles. The molecule has 0 atom stereocenters. The molecule has 1 saturated heterocycles. The van der Waals surface area contributed by atoms with Gasteiger partial charge in [0.1, 0.15) is 11.6 Å². The molecule has 0 saturated carbocycles. The number of guanidine groups is 1. The number of hydrogen-bond donors (Lipinski definition) is 2. The molecule has 1 fully saturated rings. The van der Waals surface area contributed by atoms with Gasteiger partial charge in [0.15, 0.2) is 5.96 Å². The van der Waals surface area contributed by atoms with Crippen LogP contribution in [0.3, 0.4) is 0 Å². The Morgan fingerprint density at radius 2 is 1.91 bits per heavy atom. The average Bonchev–Trinajstić information content (AvgIpc) is 3.29. The number of aromatic nitrogens is 3. The van der Waals surface area contributed by atoms with Crippen molar-refractivity contribution in [2.45, 2.75) is 39.2 Å². The summed E-state index contributed by atoms with van der Waals surface area (Å²) in [6.45, 7) is 7.53. The number of rotatable bonds is 7. The third-order valence-corrected chi connectivity index (χ3v) is 5.75. The van der Waals surface area contributed by atoms with Gasteiger partial charge in [0.25, 0.3) is 0 Å². The minimum atomic E-state index is -0.249. The maximum Gasteiger partial charge on any atom is 0.191 e. The lowest BCUT2D eigenvalue weighted by atomic mass is 10.1. The molecule has 3 aromatic rings. The number of hydrogen-bond acceptors (Lipinski definition) is 4. The van der Waals surface area contributed by atoms with Gasteiger partial charge in [0, 0.05) is 50.5 Å². The van der Waals surface area contributed by atoms with Gasteiger partial charge in [0.2, 0.25) is 0 Å². The highest BCUT2D eigenvalue weighted by atomic mass is 19.1. The van der Waals surface area contributed by atoms with E-state index in [0.717, 1.165) is 67.7 Å². The molecule has 0 aliphatic carbocycles. The van der Waals surface area contributed by atoms with Crippen LogP contribution in [-0.4, -0.2) is 52.9 Å². The molecule has 1 aliphatic rings. The van der Waals surface area contributed by atoms with E-state index in [-0.39, 0.29) is 5.82 Å². The molecule has 1 aliphatic heterocycles. The van der Waals surface area contributed by atoms with Gasteiger partial charge in [-0.1, -0.05) is 6.07 Å². The highest BCUT2D eigenvalue weighted by Gasteiger charge is 2.21. The van der Waals surface area contributed by atoms with Crippen molar-refractivity contribution in [1.29, 1.82) is 0 Å². The topological polar surface area (TPSA) is 70.4 Å². The zero-order chi connectivity index (χ0) is 23.0. The minimum Gasteiger partial charge on any atom is -0.357 e. The van der Waals surface area contributed by atoms with Crippen LogP contribution in [0.1, 0.15) is 31.2 Å². The Balaban J connectivity index is 1.28. The van der Waals surface area contributed by atoms with Gasteiger partial charge in [0.05, 0.1) is 11.4 Å². The first kappa shape index (κ1) is 22.8. The Labute approximate surface area is 194 Å². The molecule has 174 valence electrons. The van der Waals surface area contributed by atoms with Crippen LogP contribution in [0.25, 0.3) is 5.69 Å². The van der Waals surface area contributed by atoms with Crippen molar-refractivity contribution in [3.8, 4) is 5.69 Å². The number of benzene rings is 1. The minimum absolute atomic E-state index is 0.249. The Kier molecular flexibility index (Phi) is 7.55. The van der Waals surface area contributed by atoms with Gasteiger partial charge in [-0.25, -0.2) is 14.1 Å². The Morgan fingerprint density at radius 3 is 2.64 bits per heavy atom. The second kappa shape index (κ2) is 10.9. The smallest absolute Gasteiger partial charge is 0.191 e. The maximum absolute atomic E-state index is 13.1. The Bertz CT molecular complexity index is 1050. The third kappa shape index (κ3) is 6.31. The standard InChI is InChI=1S/C25H32FN7/c1-3-27-25(30-21-12-16-32(17-13-21)24-6-4-5-19(2)29-24)28-15-11-22-14-18-33(31-22)23-9-7-20(26)8-10-23/h4-10,14,18,21H,3,11-13,15-17H2,1-2H3,(H2,27,28,30). The maximum atomic E-state index is 13.1. The largest absolute Gasteiger partial charge is 0.357 e. The summed E-state index contributed by atoms with van der Waals surface area (Å²) >= 11 is 0. The molecule has 0 bridgehead atoms. The number of nitrogens with one attached hydrogen (secondary N) is 2. The van der Waals surface area contributed by atoms with Crippen molar-refractivity contribution >= 4 is 11.8 Å². The summed E-state index contributed by atoms with van der Waals surface area (Å²) in [5.74, 6) is 1.66. The molecule has 8 heteroatoms. The van der Waals surface area contributed by atoms with E-state index in [0.29, 0.717) is 12.6 Å². The van der Waals surface area contributed by atoms with Crippen molar-refractivity contribution < 1.29 is 4.39 Å². The van der Waals surface area contributed by atoms with Crippen LogP contribution >= 0.6 is 0 Å². The molecule has 7 nitrogen and oxygen atoms in total. The van der Waals surface area contributed by atoms with Gasteiger partial charge in [-0.3, -0.25) is 4.99 Å². The summed E-state index contributed by atoms with van der Waals surface area (Å²) in [5, 5.41) is 11.5. The molecule has 0 unspecified atom stereocenters. The van der Waals surface area contributed by atoms with Crippen molar-refractivity contribution in [2.24, 2.45) is 4.99 Å². The predicted octanol–water partition coefficient (Wildman–Crippen LogP) is 3.48. The Hall–Kier alpha value is -3.42. The van der Waals surface area contributed by atoms with E-state index in [1.54, 1.807) is 16.8 Å². The fourth-order valence-corrected chi connectivity index (χ4v) is 3.99. The molecule has 0 radical (unpaired) electrons. The van der Waals surface area contributed by atoms with Gasteiger partial charge in [-0.15, -0.1) is 0 Å². The summed E-state index contributed by atoms with van der Waals surface area (Å²) in [4.78, 5) is 11.8. The lowest BCUT2D eigenvalue weighted by molar-refractivity contribution is 0.459. The monoisotopic (exact) mass is 449 g/mol. The van der Waals surface area contributed by atoms with E-state index in [1.807, 2.05) is 25.3 Å². The highest BCUT2D eigenvalue weighted by Crippen LogP contribution is 2.18. The van der Waals surface area contributed by atoms with Gasteiger partial charge < -0.3 is 15.5 Å². The molecule has 3 heterocycles. The fourth-order valence-electron chi connectivity index (χ4n) is 3.99. The molecule has 33 heavy (non-hydrogen) atoms. The zero-order valence-corrected chi connectivity index (χ0v) is 19.3. The number of nitrogens with zero attached hydrogens (tertiary/aromatic N) is 5. The second-order valence-electron chi connectivity index (χ2n) is 8.28. The number of aliphatic imine (C=N–C) groups is 1. The Morgan fingerprint density at radius 1 is 1.12 bits per heavy atom. The van der Waals surface area contributed by atoms with Gasteiger partial charge >= 0.3 is 0 Å². The zero-order valence-electron chi connectivity index (χ0n) is 19.3. The average molecular weight is 450 g/mol. The predicted molar refractivity (Wildman–Crippen MR) is 131 cm³/mol. The quantitative estimate of drug-likeness (QED) is 0.427. The van der Waals surface area contributed by atoms with Crippen LogP contribution in [0.15, 0.2) is 59.7 Å². The first-order chi connectivity index (χ1) is 16.1. The number of aryl methyl sites for hydroxylation is 1. The molecular formula is C25H32FN7. The van der Waals surface area contributed by atoms with E-state index < -0.39 is 0 Å². The molecule has 2 N–H and O–H groups in total. The van der Waals surface area contributed by atoms with E-state index >= 15 is 0 Å². The third-order valence-electron chi connectivity index (χ3n) is 5.75. The first-order valence-corrected chi connectivity index (χ1v) is 11.6. The molecule has 0 amide bonds. The number of pyridine rings is 1. The summed E-state index contributed by atoms with van der Waals surface area (Å²) in [6.07, 6.45) is 4.72. The highest BCUT2D eigenvalue weighted by molar-refractivity contribution is 5.80. The SMILES string of the molecule is CCNC(=NCCc1ccn(-c2ccc(F)cc2)n1)NC1CCN(c2cccc(C)n2)CC1. The lowest BCUT2D eigenvalue weighted by Crippen LogP contribution is -2.49. The van der Waals surface area contributed by atoms with Crippen molar-refractivity contribution in [3.05, 3.63) is 71.9 Å². The molecule has 2 aromatic heterocycles. The number of anilines is 1. The van der Waals surface area contributed by atoms with Crippen LogP contribution in [0, 0.1) is 12.7 Å². The van der Waals surface area contributed by atoms with Gasteiger partial charge in [-0.2, -0.15) is 5.10 Å². The normalized spacial score (nSPS) is 15.0. The molecular weight excluding hydrogens is 417 g/mol.